The number of carbonyl (C=O) groups is 1. The molecule has 0 aliphatic carbocycles. The summed E-state index contributed by atoms with van der Waals surface area (Å²) in [6, 6.07) is 4.11. The number of rotatable bonds is 5. The van der Waals surface area contributed by atoms with Crippen LogP contribution in [0.3, 0.4) is 0 Å². The van der Waals surface area contributed by atoms with E-state index in [0.29, 0.717) is 13.1 Å². The number of carbonyl (C=O) groups excluding carboxylic acids is 1. The first-order valence-electron chi connectivity index (χ1n) is 13.6. The van der Waals surface area contributed by atoms with Crippen LogP contribution in [-0.2, 0) is 20.1 Å². The zero-order chi connectivity index (χ0) is 26.9. The summed E-state index contributed by atoms with van der Waals surface area (Å²) in [4.78, 5) is 20.4. The van der Waals surface area contributed by atoms with E-state index in [4.69, 9.17) is 9.47 Å². The Bertz CT molecular complexity index is 1160. The SMILES string of the molecule is CC.CCN1C(=O)N2Cc3cc(OC)cc(OC)c3[C@@H](C)C=C2C12CCN(Cc1cn(C)nc1C)CC2. The molecule has 1 spiro atoms. The van der Waals surface area contributed by atoms with Gasteiger partial charge >= 0.3 is 6.03 Å². The van der Waals surface area contributed by atoms with Crippen molar-refractivity contribution < 1.29 is 14.3 Å². The largest absolute Gasteiger partial charge is 0.497 e. The van der Waals surface area contributed by atoms with Gasteiger partial charge in [-0.25, -0.2) is 4.79 Å². The molecule has 0 radical (unpaired) electrons. The van der Waals surface area contributed by atoms with Gasteiger partial charge in [0.25, 0.3) is 0 Å². The molecule has 2 fully saturated rings. The van der Waals surface area contributed by atoms with Crippen molar-refractivity contribution in [1.82, 2.24) is 24.5 Å². The molecule has 2 aromatic rings. The third-order valence-corrected chi connectivity index (χ3v) is 8.10. The van der Waals surface area contributed by atoms with Gasteiger partial charge in [-0.3, -0.25) is 14.5 Å². The molecule has 202 valence electrons. The Balaban J connectivity index is 0.00000156. The summed E-state index contributed by atoms with van der Waals surface area (Å²) in [7, 11) is 5.34. The number of ether oxygens (including phenoxy) is 2. The lowest BCUT2D eigenvalue weighted by Gasteiger charge is -2.44. The highest BCUT2D eigenvalue weighted by molar-refractivity contribution is 5.83. The molecule has 2 amide bonds. The number of likely N-dealkylation sites (N-methyl/N-ethyl adjacent to an activating group) is 1. The van der Waals surface area contributed by atoms with Gasteiger partial charge in [-0.05, 0) is 38.3 Å². The molecular formula is C29H43N5O3. The van der Waals surface area contributed by atoms with Crippen LogP contribution in [0.1, 0.15) is 68.8 Å². The fourth-order valence-electron chi connectivity index (χ4n) is 6.39. The molecule has 2 saturated heterocycles. The number of hydrogen-bond donors (Lipinski definition) is 0. The van der Waals surface area contributed by atoms with E-state index in [1.54, 1.807) is 14.2 Å². The molecule has 1 aromatic carbocycles. The number of methoxy groups -OCH3 is 2. The minimum absolute atomic E-state index is 0.108. The zero-order valence-corrected chi connectivity index (χ0v) is 23.8. The van der Waals surface area contributed by atoms with Crippen molar-refractivity contribution in [3.05, 3.63) is 52.5 Å². The number of allylic oxidation sites excluding steroid dienone is 1. The number of nitrogens with zero attached hydrogens (tertiary/aromatic N) is 5. The van der Waals surface area contributed by atoms with Crippen LogP contribution in [0.2, 0.25) is 0 Å². The van der Waals surface area contributed by atoms with Crippen LogP contribution in [0.5, 0.6) is 11.5 Å². The molecule has 3 aliphatic heterocycles. The predicted molar refractivity (Wildman–Crippen MR) is 146 cm³/mol. The van der Waals surface area contributed by atoms with E-state index >= 15 is 0 Å². The van der Waals surface area contributed by atoms with Crippen LogP contribution >= 0.6 is 0 Å². The summed E-state index contributed by atoms with van der Waals surface area (Å²) in [5.41, 5.74) is 5.49. The topological polar surface area (TPSA) is 63.1 Å². The van der Waals surface area contributed by atoms with Crippen molar-refractivity contribution >= 4 is 6.03 Å². The molecule has 0 saturated carbocycles. The van der Waals surface area contributed by atoms with Gasteiger partial charge in [0, 0.05) is 68.2 Å². The molecular weight excluding hydrogens is 466 g/mol. The van der Waals surface area contributed by atoms with Crippen LogP contribution in [0.4, 0.5) is 4.79 Å². The number of likely N-dealkylation sites (tertiary alicyclic amines) is 1. The lowest BCUT2D eigenvalue weighted by atomic mass is 9.82. The normalized spacial score (nSPS) is 20.6. The molecule has 0 bridgehead atoms. The van der Waals surface area contributed by atoms with Crippen LogP contribution in [-0.4, -0.2) is 69.9 Å². The molecule has 1 atom stereocenters. The van der Waals surface area contributed by atoms with E-state index in [1.807, 2.05) is 36.5 Å². The van der Waals surface area contributed by atoms with E-state index in [9.17, 15) is 4.79 Å². The van der Waals surface area contributed by atoms with Crippen LogP contribution in [0, 0.1) is 6.92 Å². The minimum atomic E-state index is -0.264. The highest BCUT2D eigenvalue weighted by Gasteiger charge is 2.54. The number of aryl methyl sites for hydroxylation is 2. The molecule has 0 N–H and O–H groups in total. The highest BCUT2D eigenvalue weighted by Crippen LogP contribution is 2.49. The lowest BCUT2D eigenvalue weighted by Crippen LogP contribution is -2.53. The molecule has 8 nitrogen and oxygen atoms in total. The van der Waals surface area contributed by atoms with Crippen LogP contribution in [0.15, 0.2) is 30.1 Å². The number of urea groups is 1. The van der Waals surface area contributed by atoms with Crippen molar-refractivity contribution in [2.75, 3.05) is 33.9 Å². The van der Waals surface area contributed by atoms with Gasteiger partial charge in [-0.2, -0.15) is 5.10 Å². The molecule has 3 aliphatic rings. The summed E-state index contributed by atoms with van der Waals surface area (Å²) >= 11 is 0. The van der Waals surface area contributed by atoms with Crippen molar-refractivity contribution in [3.8, 4) is 11.5 Å². The van der Waals surface area contributed by atoms with Gasteiger partial charge in [-0.15, -0.1) is 0 Å². The van der Waals surface area contributed by atoms with E-state index in [-0.39, 0.29) is 17.5 Å². The van der Waals surface area contributed by atoms with Gasteiger partial charge in [0.2, 0.25) is 0 Å². The minimum Gasteiger partial charge on any atom is -0.497 e. The van der Waals surface area contributed by atoms with Gasteiger partial charge < -0.3 is 14.4 Å². The number of benzene rings is 1. The fourth-order valence-corrected chi connectivity index (χ4v) is 6.39. The Morgan fingerprint density at radius 2 is 1.84 bits per heavy atom. The summed E-state index contributed by atoms with van der Waals surface area (Å²) < 4.78 is 13.2. The number of piperidine rings is 1. The van der Waals surface area contributed by atoms with E-state index < -0.39 is 0 Å². The maximum Gasteiger partial charge on any atom is 0.325 e. The highest BCUT2D eigenvalue weighted by atomic mass is 16.5. The third kappa shape index (κ3) is 4.60. The number of amides is 2. The molecule has 37 heavy (non-hydrogen) atoms. The second-order valence-corrected chi connectivity index (χ2v) is 10.1. The Morgan fingerprint density at radius 3 is 2.41 bits per heavy atom. The van der Waals surface area contributed by atoms with Gasteiger partial charge in [0.15, 0.2) is 0 Å². The van der Waals surface area contributed by atoms with E-state index in [2.05, 4.69) is 54.0 Å². The standard InChI is InChI=1S/C27H37N5O3.C2H6/c1-7-32-26(33)31-17-20-13-22(34-5)14-23(35-6)25(20)18(2)12-24(31)27(32)8-10-30(11-9-27)16-21-15-29(4)28-19(21)3;1-2/h12-15,18H,7-11,16-17H2,1-6H3;1-2H3/t18-;/m0./s1. The Labute approximate surface area is 221 Å². The molecule has 1 aromatic heterocycles. The summed E-state index contributed by atoms with van der Waals surface area (Å²) in [6.07, 6.45) is 6.29. The van der Waals surface area contributed by atoms with E-state index in [1.165, 1.54) is 5.56 Å². The second kappa shape index (κ2) is 10.8. The summed E-state index contributed by atoms with van der Waals surface area (Å²) in [5, 5.41) is 4.50. The first kappa shape index (κ1) is 27.0. The van der Waals surface area contributed by atoms with Crippen molar-refractivity contribution in [3.63, 3.8) is 0 Å². The Morgan fingerprint density at radius 1 is 1.14 bits per heavy atom. The molecule has 4 heterocycles. The Hall–Kier alpha value is -3.00. The first-order chi connectivity index (χ1) is 17.8. The Kier molecular flexibility index (Phi) is 7.88. The molecule has 0 unspecified atom stereocenters. The van der Waals surface area contributed by atoms with Crippen molar-refractivity contribution in [2.24, 2.45) is 7.05 Å². The van der Waals surface area contributed by atoms with Crippen LogP contribution in [0.25, 0.3) is 0 Å². The quantitative estimate of drug-likeness (QED) is 0.564. The van der Waals surface area contributed by atoms with Gasteiger partial charge in [0.05, 0.1) is 32.0 Å². The van der Waals surface area contributed by atoms with Gasteiger partial charge in [-0.1, -0.05) is 26.8 Å². The molecule has 8 heteroatoms. The average molecular weight is 510 g/mol. The van der Waals surface area contributed by atoms with Crippen molar-refractivity contribution in [1.29, 1.82) is 0 Å². The maximum absolute atomic E-state index is 13.8. The van der Waals surface area contributed by atoms with Crippen LogP contribution < -0.4 is 9.47 Å². The first-order valence-corrected chi connectivity index (χ1v) is 13.6. The molecule has 5 rings (SSSR count). The zero-order valence-electron chi connectivity index (χ0n) is 23.8. The fraction of sp³-hybridized carbons (Fsp3) is 0.586. The monoisotopic (exact) mass is 509 g/mol. The predicted octanol–water partition coefficient (Wildman–Crippen LogP) is 5.07. The number of hydrogen-bond acceptors (Lipinski definition) is 5. The number of fused-ring (bicyclic) bond motifs is 3. The smallest absolute Gasteiger partial charge is 0.325 e. The lowest BCUT2D eigenvalue weighted by molar-refractivity contribution is 0.0887. The van der Waals surface area contributed by atoms with Gasteiger partial charge in [0.1, 0.15) is 11.5 Å². The second-order valence-electron chi connectivity index (χ2n) is 10.1. The third-order valence-electron chi connectivity index (χ3n) is 8.10. The number of aromatic nitrogens is 2. The maximum atomic E-state index is 13.8. The average Bonchev–Trinajstić information content (AvgIpc) is 3.25. The summed E-state index contributed by atoms with van der Waals surface area (Å²) in [5.74, 6) is 1.70. The summed E-state index contributed by atoms with van der Waals surface area (Å²) in [6.45, 7) is 14.4. The van der Waals surface area contributed by atoms with E-state index in [0.717, 1.165) is 66.5 Å². The van der Waals surface area contributed by atoms with Crippen molar-refractivity contribution in [2.45, 2.75) is 72.0 Å².